The van der Waals surface area contributed by atoms with Crippen molar-refractivity contribution in [3.63, 3.8) is 0 Å². The second-order valence-corrected chi connectivity index (χ2v) is 8.67. The van der Waals surface area contributed by atoms with Crippen LogP contribution in [0, 0.1) is 5.82 Å². The second kappa shape index (κ2) is 10.3. The molecule has 2 aromatic carbocycles. The normalized spacial score (nSPS) is 15.5. The summed E-state index contributed by atoms with van der Waals surface area (Å²) >= 11 is 1.20. The molecule has 35 heavy (non-hydrogen) atoms. The minimum absolute atomic E-state index is 0.174. The number of methoxy groups -OCH3 is 1. The van der Waals surface area contributed by atoms with Gasteiger partial charge in [-0.05, 0) is 50.6 Å². The average Bonchev–Trinajstić information content (AvgIpc) is 3.14. The van der Waals surface area contributed by atoms with Crippen LogP contribution in [0.3, 0.4) is 0 Å². The standard InChI is InChI=1S/C26H25FN2O5S/c1-5-33-23-18(8-7-9-19(23)32-4)22-21(25(31)34-6-2)15(3)28-26-29(22)24(30)20(35-26)14-16-10-12-17(27)13-11-16/h7-14,22H,5-6H2,1-4H3/t22-/m0/s1. The summed E-state index contributed by atoms with van der Waals surface area (Å²) in [5.74, 6) is -0.000567. The molecule has 1 atom stereocenters. The topological polar surface area (TPSA) is 79.1 Å². The molecule has 1 aliphatic rings. The number of hydrogen-bond donors (Lipinski definition) is 0. The third-order valence-electron chi connectivity index (χ3n) is 5.50. The van der Waals surface area contributed by atoms with Crippen molar-refractivity contribution in [2.75, 3.05) is 20.3 Å². The third-order valence-corrected chi connectivity index (χ3v) is 6.48. The minimum Gasteiger partial charge on any atom is -0.493 e. The van der Waals surface area contributed by atoms with E-state index >= 15 is 0 Å². The fourth-order valence-corrected chi connectivity index (χ4v) is 5.05. The Hall–Kier alpha value is -3.72. The van der Waals surface area contributed by atoms with Gasteiger partial charge in [0.05, 0.1) is 36.1 Å². The Morgan fingerprint density at radius 1 is 1.17 bits per heavy atom. The van der Waals surface area contributed by atoms with Crippen LogP contribution in [0.1, 0.15) is 37.9 Å². The highest BCUT2D eigenvalue weighted by atomic mass is 32.1. The van der Waals surface area contributed by atoms with Gasteiger partial charge >= 0.3 is 5.97 Å². The Morgan fingerprint density at radius 3 is 2.57 bits per heavy atom. The van der Waals surface area contributed by atoms with Crippen molar-refractivity contribution in [2.24, 2.45) is 4.99 Å². The van der Waals surface area contributed by atoms with E-state index in [0.29, 0.717) is 44.3 Å². The van der Waals surface area contributed by atoms with E-state index in [0.717, 1.165) is 0 Å². The Bertz CT molecular complexity index is 1470. The third kappa shape index (κ3) is 4.64. The summed E-state index contributed by atoms with van der Waals surface area (Å²) in [6.07, 6.45) is 1.68. The molecular formula is C26H25FN2O5S. The van der Waals surface area contributed by atoms with Crippen LogP contribution in [0.2, 0.25) is 0 Å². The fourth-order valence-electron chi connectivity index (χ4n) is 4.00. The molecule has 0 N–H and O–H groups in total. The Balaban J connectivity index is 2.01. The fraction of sp³-hybridized carbons (Fsp3) is 0.269. The van der Waals surface area contributed by atoms with Gasteiger partial charge in [0.25, 0.3) is 5.56 Å². The van der Waals surface area contributed by atoms with E-state index in [1.807, 2.05) is 6.92 Å². The van der Waals surface area contributed by atoms with Crippen molar-refractivity contribution in [3.8, 4) is 11.5 Å². The minimum atomic E-state index is -0.836. The van der Waals surface area contributed by atoms with Crippen molar-refractivity contribution >= 4 is 23.4 Å². The van der Waals surface area contributed by atoms with Crippen LogP contribution >= 0.6 is 11.3 Å². The number of para-hydroxylation sites is 1. The molecule has 4 rings (SSSR count). The molecule has 2 heterocycles. The summed E-state index contributed by atoms with van der Waals surface area (Å²) in [5.41, 5.74) is 1.63. The zero-order valence-electron chi connectivity index (χ0n) is 19.8. The largest absolute Gasteiger partial charge is 0.493 e. The highest BCUT2D eigenvalue weighted by molar-refractivity contribution is 7.07. The number of carbonyl (C=O) groups is 1. The Labute approximate surface area is 205 Å². The maximum atomic E-state index is 13.7. The van der Waals surface area contributed by atoms with Gasteiger partial charge in [-0.25, -0.2) is 14.2 Å². The summed E-state index contributed by atoms with van der Waals surface area (Å²) < 4.78 is 32.0. The van der Waals surface area contributed by atoms with Gasteiger partial charge in [0.2, 0.25) is 0 Å². The van der Waals surface area contributed by atoms with Gasteiger partial charge in [-0.2, -0.15) is 0 Å². The van der Waals surface area contributed by atoms with Crippen molar-refractivity contribution in [1.29, 1.82) is 0 Å². The Kier molecular flexibility index (Phi) is 7.16. The van der Waals surface area contributed by atoms with Crippen molar-refractivity contribution < 1.29 is 23.4 Å². The number of rotatable bonds is 7. The first-order valence-electron chi connectivity index (χ1n) is 11.1. The second-order valence-electron chi connectivity index (χ2n) is 7.67. The van der Waals surface area contributed by atoms with Crippen molar-refractivity contribution in [3.05, 3.63) is 90.4 Å². The van der Waals surface area contributed by atoms with Gasteiger partial charge < -0.3 is 14.2 Å². The number of fused-ring (bicyclic) bond motifs is 1. The summed E-state index contributed by atoms with van der Waals surface area (Å²) in [6.45, 7) is 5.82. The zero-order valence-corrected chi connectivity index (χ0v) is 20.6. The van der Waals surface area contributed by atoms with Gasteiger partial charge in [-0.15, -0.1) is 0 Å². The Morgan fingerprint density at radius 2 is 1.91 bits per heavy atom. The molecule has 0 saturated carbocycles. The number of nitrogens with zero attached hydrogens (tertiary/aromatic N) is 2. The van der Waals surface area contributed by atoms with E-state index < -0.39 is 12.0 Å². The number of hydrogen-bond acceptors (Lipinski definition) is 7. The van der Waals surface area contributed by atoms with Crippen LogP contribution in [0.25, 0.3) is 6.08 Å². The van der Waals surface area contributed by atoms with E-state index in [4.69, 9.17) is 14.2 Å². The highest BCUT2D eigenvalue weighted by Crippen LogP contribution is 2.40. The molecule has 0 unspecified atom stereocenters. The number of benzene rings is 2. The molecule has 1 aromatic heterocycles. The van der Waals surface area contributed by atoms with Crippen LogP contribution < -0.4 is 24.4 Å². The van der Waals surface area contributed by atoms with Gasteiger partial charge in [0, 0.05) is 5.56 Å². The summed E-state index contributed by atoms with van der Waals surface area (Å²) in [6, 6.07) is 10.4. The molecule has 9 heteroatoms. The first-order chi connectivity index (χ1) is 16.9. The first-order valence-corrected chi connectivity index (χ1v) is 12.0. The van der Waals surface area contributed by atoms with Crippen LogP contribution in [0.15, 0.2) is 63.5 Å². The van der Waals surface area contributed by atoms with Crippen LogP contribution in [-0.4, -0.2) is 30.9 Å². The summed E-state index contributed by atoms with van der Waals surface area (Å²) in [7, 11) is 1.53. The predicted molar refractivity (Wildman–Crippen MR) is 131 cm³/mol. The number of esters is 1. The lowest BCUT2D eigenvalue weighted by Gasteiger charge is -2.26. The van der Waals surface area contributed by atoms with Crippen LogP contribution in [0.4, 0.5) is 4.39 Å². The van der Waals surface area contributed by atoms with E-state index in [9.17, 15) is 14.0 Å². The average molecular weight is 497 g/mol. The quantitative estimate of drug-likeness (QED) is 0.469. The number of allylic oxidation sites excluding steroid dienone is 1. The number of thiazole rings is 1. The molecule has 7 nitrogen and oxygen atoms in total. The van der Waals surface area contributed by atoms with Gasteiger partial charge in [-0.1, -0.05) is 35.6 Å². The SMILES string of the molecule is CCOC(=O)C1=C(C)N=c2sc(=Cc3ccc(F)cc3)c(=O)n2[C@H]1c1cccc(OC)c1OCC. The number of ether oxygens (including phenoxy) is 3. The van der Waals surface area contributed by atoms with Crippen LogP contribution in [-0.2, 0) is 9.53 Å². The monoisotopic (exact) mass is 496 g/mol. The highest BCUT2D eigenvalue weighted by Gasteiger charge is 2.35. The molecule has 0 fully saturated rings. The van der Waals surface area contributed by atoms with E-state index in [2.05, 4.69) is 4.99 Å². The molecule has 0 aliphatic carbocycles. The summed E-state index contributed by atoms with van der Waals surface area (Å²) in [4.78, 5) is 31.8. The molecule has 0 saturated heterocycles. The molecule has 3 aromatic rings. The number of aromatic nitrogens is 1. The molecule has 0 amide bonds. The molecule has 182 valence electrons. The lowest BCUT2D eigenvalue weighted by atomic mass is 9.94. The smallest absolute Gasteiger partial charge is 0.338 e. The molecule has 0 bridgehead atoms. The van der Waals surface area contributed by atoms with Crippen molar-refractivity contribution in [2.45, 2.75) is 26.8 Å². The maximum absolute atomic E-state index is 13.7. The molecular weight excluding hydrogens is 471 g/mol. The number of halogens is 1. The summed E-state index contributed by atoms with van der Waals surface area (Å²) in [5, 5.41) is 0. The molecule has 0 spiro atoms. The predicted octanol–water partition coefficient (Wildman–Crippen LogP) is 3.34. The van der Waals surface area contributed by atoms with Crippen LogP contribution in [0.5, 0.6) is 11.5 Å². The van der Waals surface area contributed by atoms with Gasteiger partial charge in [-0.3, -0.25) is 9.36 Å². The van der Waals surface area contributed by atoms with E-state index in [1.165, 1.54) is 35.1 Å². The van der Waals surface area contributed by atoms with E-state index in [-0.39, 0.29) is 23.6 Å². The number of carbonyl (C=O) groups excluding carboxylic acids is 1. The lowest BCUT2D eigenvalue weighted by Crippen LogP contribution is -2.40. The lowest BCUT2D eigenvalue weighted by molar-refractivity contribution is -0.139. The van der Waals surface area contributed by atoms with Gasteiger partial charge in [0.1, 0.15) is 11.9 Å². The van der Waals surface area contributed by atoms with Gasteiger partial charge in [0.15, 0.2) is 16.3 Å². The molecule has 0 radical (unpaired) electrons. The zero-order chi connectivity index (χ0) is 25.1. The molecule has 1 aliphatic heterocycles. The van der Waals surface area contributed by atoms with E-state index in [1.54, 1.807) is 50.3 Å². The maximum Gasteiger partial charge on any atom is 0.338 e. The first kappa shape index (κ1) is 24.4. The van der Waals surface area contributed by atoms with Crippen molar-refractivity contribution in [1.82, 2.24) is 4.57 Å².